The Morgan fingerprint density at radius 1 is 1.29 bits per heavy atom. The largest absolute Gasteiger partial charge is 0.507 e. The van der Waals surface area contributed by atoms with Crippen LogP contribution in [0.2, 0.25) is 0 Å². The van der Waals surface area contributed by atoms with Crippen molar-refractivity contribution >= 4 is 49.8 Å². The van der Waals surface area contributed by atoms with Gasteiger partial charge < -0.3 is 19.7 Å². The number of methoxy groups -OCH3 is 1. The molecule has 2 aromatic carbocycles. The average molecular weight is 543 g/mol. The van der Waals surface area contributed by atoms with Crippen LogP contribution in [0.1, 0.15) is 29.7 Å². The van der Waals surface area contributed by atoms with Crippen LogP contribution in [0.5, 0.6) is 17.2 Å². The maximum Gasteiger partial charge on any atom is 0.301 e. The standard InChI is InChI=1S/C24H19BrN2O6S/c1-11-7-13-8-12(3-4-16(13)33-11)20(28)18-19(14-9-15(25)21(29)17(10-14)32-2)27(23(31)22(18)30)24-26-5-6-34-24/h3-6,8-11,19,28-29H,7H2,1-2H3. The van der Waals surface area contributed by atoms with Crippen LogP contribution in [0.25, 0.3) is 5.76 Å². The van der Waals surface area contributed by atoms with E-state index in [1.54, 1.807) is 29.6 Å². The first-order valence-corrected chi connectivity index (χ1v) is 12.0. The zero-order valence-electron chi connectivity index (χ0n) is 18.1. The molecule has 1 aromatic heterocycles. The van der Waals surface area contributed by atoms with E-state index in [-0.39, 0.29) is 28.9 Å². The van der Waals surface area contributed by atoms with Crippen LogP contribution >= 0.6 is 27.3 Å². The molecule has 2 aliphatic heterocycles. The molecule has 34 heavy (non-hydrogen) atoms. The zero-order chi connectivity index (χ0) is 24.1. The van der Waals surface area contributed by atoms with Gasteiger partial charge in [0.1, 0.15) is 17.6 Å². The fourth-order valence-electron chi connectivity index (χ4n) is 4.31. The Labute approximate surface area is 207 Å². The van der Waals surface area contributed by atoms with E-state index in [0.717, 1.165) is 11.3 Å². The molecular weight excluding hydrogens is 524 g/mol. The molecule has 0 saturated carbocycles. The molecule has 1 fully saturated rings. The number of aromatic nitrogens is 1. The van der Waals surface area contributed by atoms with Crippen LogP contribution < -0.4 is 14.4 Å². The van der Waals surface area contributed by atoms with Gasteiger partial charge in [-0.05, 0) is 64.3 Å². The van der Waals surface area contributed by atoms with Crippen LogP contribution in [-0.4, -0.2) is 40.1 Å². The van der Waals surface area contributed by atoms with Crippen molar-refractivity contribution in [3.63, 3.8) is 0 Å². The molecule has 2 N–H and O–H groups in total. The van der Waals surface area contributed by atoms with E-state index < -0.39 is 17.7 Å². The first-order valence-electron chi connectivity index (χ1n) is 10.4. The van der Waals surface area contributed by atoms with Gasteiger partial charge in [0.2, 0.25) is 0 Å². The average Bonchev–Trinajstić information content (AvgIpc) is 3.53. The first-order chi connectivity index (χ1) is 16.3. The van der Waals surface area contributed by atoms with Crippen LogP contribution in [0.4, 0.5) is 5.13 Å². The van der Waals surface area contributed by atoms with Gasteiger partial charge in [-0.1, -0.05) is 0 Å². The van der Waals surface area contributed by atoms with Gasteiger partial charge in [-0.25, -0.2) is 4.98 Å². The molecule has 5 rings (SSSR count). The summed E-state index contributed by atoms with van der Waals surface area (Å²) >= 11 is 4.50. The van der Waals surface area contributed by atoms with E-state index in [9.17, 15) is 19.8 Å². The number of aromatic hydroxyl groups is 1. The molecule has 0 aliphatic carbocycles. The summed E-state index contributed by atoms with van der Waals surface area (Å²) < 4.78 is 11.3. The number of rotatable bonds is 4. The number of amides is 1. The van der Waals surface area contributed by atoms with Gasteiger partial charge in [-0.15, -0.1) is 11.3 Å². The van der Waals surface area contributed by atoms with E-state index in [4.69, 9.17) is 9.47 Å². The third kappa shape index (κ3) is 3.54. The minimum atomic E-state index is -0.986. The summed E-state index contributed by atoms with van der Waals surface area (Å²) in [5, 5.41) is 23.6. The molecule has 2 aliphatic rings. The third-order valence-electron chi connectivity index (χ3n) is 5.83. The highest BCUT2D eigenvalue weighted by Crippen LogP contribution is 2.46. The highest BCUT2D eigenvalue weighted by Gasteiger charge is 2.48. The molecule has 2 unspecified atom stereocenters. The summed E-state index contributed by atoms with van der Waals surface area (Å²) in [4.78, 5) is 31.9. The van der Waals surface area contributed by atoms with Gasteiger partial charge in [-0.2, -0.15) is 0 Å². The van der Waals surface area contributed by atoms with Crippen molar-refractivity contribution in [2.45, 2.75) is 25.5 Å². The lowest BCUT2D eigenvalue weighted by Crippen LogP contribution is -2.29. The lowest BCUT2D eigenvalue weighted by atomic mass is 9.94. The second-order valence-electron chi connectivity index (χ2n) is 7.99. The minimum Gasteiger partial charge on any atom is -0.507 e. The topological polar surface area (TPSA) is 109 Å². The van der Waals surface area contributed by atoms with E-state index in [1.165, 1.54) is 35.6 Å². The monoisotopic (exact) mass is 542 g/mol. The Morgan fingerprint density at radius 3 is 2.79 bits per heavy atom. The third-order valence-corrected chi connectivity index (χ3v) is 7.20. The van der Waals surface area contributed by atoms with Crippen molar-refractivity contribution in [1.82, 2.24) is 4.98 Å². The maximum absolute atomic E-state index is 13.3. The van der Waals surface area contributed by atoms with Crippen molar-refractivity contribution in [1.29, 1.82) is 0 Å². The Morgan fingerprint density at radius 2 is 2.09 bits per heavy atom. The summed E-state index contributed by atoms with van der Waals surface area (Å²) in [6.45, 7) is 1.95. The smallest absolute Gasteiger partial charge is 0.301 e. The number of ketones is 1. The summed E-state index contributed by atoms with van der Waals surface area (Å²) in [5.41, 5.74) is 1.70. The number of hydrogen-bond donors (Lipinski definition) is 2. The molecule has 174 valence electrons. The number of aliphatic hydroxyl groups excluding tert-OH is 1. The molecule has 3 aromatic rings. The molecule has 0 spiro atoms. The lowest BCUT2D eigenvalue weighted by molar-refractivity contribution is -0.132. The second-order valence-corrected chi connectivity index (χ2v) is 9.72. The summed E-state index contributed by atoms with van der Waals surface area (Å²) in [5.74, 6) is -1.17. The Balaban J connectivity index is 1.72. The number of halogens is 1. The number of fused-ring (bicyclic) bond motifs is 1. The van der Waals surface area contributed by atoms with Gasteiger partial charge >= 0.3 is 5.91 Å². The highest BCUT2D eigenvalue weighted by molar-refractivity contribution is 9.10. The van der Waals surface area contributed by atoms with E-state index in [2.05, 4.69) is 20.9 Å². The predicted octanol–water partition coefficient (Wildman–Crippen LogP) is 4.57. The van der Waals surface area contributed by atoms with Crippen molar-refractivity contribution in [3.05, 3.63) is 68.6 Å². The van der Waals surface area contributed by atoms with E-state index >= 15 is 0 Å². The molecule has 10 heteroatoms. The van der Waals surface area contributed by atoms with Gasteiger partial charge in [0.05, 0.1) is 23.2 Å². The number of aliphatic hydroxyl groups is 1. The quantitative estimate of drug-likeness (QED) is 0.282. The fraction of sp³-hybridized carbons (Fsp3) is 0.208. The van der Waals surface area contributed by atoms with Crippen LogP contribution in [0, 0.1) is 0 Å². The van der Waals surface area contributed by atoms with Crippen molar-refractivity contribution < 1.29 is 29.3 Å². The Hall–Kier alpha value is -3.37. The molecule has 3 heterocycles. The summed E-state index contributed by atoms with van der Waals surface area (Å²) in [7, 11) is 1.40. The molecular formula is C24H19BrN2O6S. The van der Waals surface area contributed by atoms with Crippen LogP contribution in [0.15, 0.2) is 52.0 Å². The highest BCUT2D eigenvalue weighted by atomic mass is 79.9. The minimum absolute atomic E-state index is 0.0182. The summed E-state index contributed by atoms with van der Waals surface area (Å²) in [6, 6.07) is 7.31. The van der Waals surface area contributed by atoms with Crippen molar-refractivity contribution in [2.75, 3.05) is 12.0 Å². The maximum atomic E-state index is 13.3. The van der Waals surface area contributed by atoms with E-state index in [1.807, 2.05) is 6.92 Å². The number of hydrogen-bond acceptors (Lipinski definition) is 8. The summed E-state index contributed by atoms with van der Waals surface area (Å²) in [6.07, 6.45) is 2.23. The molecule has 2 atom stereocenters. The number of benzene rings is 2. The predicted molar refractivity (Wildman–Crippen MR) is 129 cm³/mol. The van der Waals surface area contributed by atoms with Gasteiger partial charge in [-0.3, -0.25) is 14.5 Å². The van der Waals surface area contributed by atoms with Crippen molar-refractivity contribution in [2.24, 2.45) is 0 Å². The molecule has 1 saturated heterocycles. The molecule has 0 radical (unpaired) electrons. The number of anilines is 1. The second kappa shape index (κ2) is 8.44. The fourth-order valence-corrected chi connectivity index (χ4v) is 5.44. The number of nitrogens with zero attached hydrogens (tertiary/aromatic N) is 2. The number of carbonyl (C=O) groups is 2. The normalized spacial score (nSPS) is 21.0. The first kappa shape index (κ1) is 22.4. The molecule has 1 amide bonds. The number of thiazole rings is 1. The Bertz CT molecular complexity index is 1350. The number of carbonyl (C=O) groups excluding carboxylic acids is 2. The van der Waals surface area contributed by atoms with Crippen molar-refractivity contribution in [3.8, 4) is 17.2 Å². The van der Waals surface area contributed by atoms with Gasteiger partial charge in [0.25, 0.3) is 5.78 Å². The lowest BCUT2D eigenvalue weighted by Gasteiger charge is -2.24. The number of ether oxygens (including phenoxy) is 2. The molecule has 8 nitrogen and oxygen atoms in total. The van der Waals surface area contributed by atoms with E-state index in [0.29, 0.717) is 27.2 Å². The van der Waals surface area contributed by atoms with Crippen LogP contribution in [0.3, 0.4) is 0 Å². The number of phenolic OH excluding ortho intramolecular Hbond substituents is 1. The number of phenols is 1. The zero-order valence-corrected chi connectivity index (χ0v) is 20.5. The SMILES string of the molecule is COc1cc(C2C(=C(O)c3ccc4c(c3)CC(C)O4)C(=O)C(=O)N2c2nccs2)cc(Br)c1O. The molecule has 0 bridgehead atoms. The van der Waals surface area contributed by atoms with Gasteiger partial charge in [0, 0.05) is 23.6 Å². The number of Topliss-reactive ketones (excluding diaryl/α,β-unsaturated/α-hetero) is 1. The van der Waals surface area contributed by atoms with Gasteiger partial charge in [0.15, 0.2) is 16.6 Å². The Kier molecular flexibility index (Phi) is 5.57. The van der Waals surface area contributed by atoms with Crippen LogP contribution in [-0.2, 0) is 16.0 Å².